The van der Waals surface area contributed by atoms with Crippen LogP contribution in [-0.4, -0.2) is 106 Å². The van der Waals surface area contributed by atoms with Crippen molar-refractivity contribution in [3.63, 3.8) is 0 Å². The van der Waals surface area contributed by atoms with Gasteiger partial charge in [-0.05, 0) is 216 Å². The summed E-state index contributed by atoms with van der Waals surface area (Å²) >= 11 is 0. The van der Waals surface area contributed by atoms with Crippen molar-refractivity contribution in [1.29, 1.82) is 0 Å². The van der Waals surface area contributed by atoms with E-state index >= 15 is 0 Å². The van der Waals surface area contributed by atoms with Crippen LogP contribution in [0.2, 0.25) is 0 Å². The number of nitrogens with zero attached hydrogens (tertiary/aromatic N) is 12. The first-order valence-electron chi connectivity index (χ1n) is 48.5. The van der Waals surface area contributed by atoms with Crippen LogP contribution in [0.1, 0.15) is 226 Å². The minimum Gasteiger partial charge on any atom is -0.493 e. The largest absolute Gasteiger partial charge is 0.493 e. The number of nitrogens with one attached hydrogen (secondary N) is 4. The van der Waals surface area contributed by atoms with E-state index < -0.39 is 0 Å². The van der Waals surface area contributed by atoms with Crippen LogP contribution in [0.25, 0.3) is 177 Å². The maximum atomic E-state index is 7.80. The molecular weight excluding hydrogens is 1630 g/mol. The van der Waals surface area contributed by atoms with Gasteiger partial charge < -0.3 is 38.9 Å². The molecule has 0 unspecified atom stereocenters. The fourth-order valence-electron chi connectivity index (χ4n) is 20.3. The number of hydrogen-bond donors (Lipinski definition) is 4. The maximum Gasteiger partial charge on any atom is 0.138 e. The fraction of sp³-hybridized carbons (Fsp3) is 0.321. The molecule has 8 aromatic carbocycles. The average molecular weight is 1750 g/mol. The Kier molecular flexibility index (Phi) is 24.9. The number of aromatic nitrogens is 16. The molecule has 0 saturated heterocycles. The zero-order valence-corrected chi connectivity index (χ0v) is 76.1. The van der Waals surface area contributed by atoms with Crippen LogP contribution in [0.5, 0.6) is 23.0 Å². The molecule has 12 heterocycles. The van der Waals surface area contributed by atoms with E-state index in [9.17, 15) is 0 Å². The summed E-state index contributed by atoms with van der Waals surface area (Å²) in [4.78, 5) is 78.9. The van der Waals surface area contributed by atoms with Crippen LogP contribution in [0.4, 0.5) is 0 Å². The molecule has 12 aromatic heterocycles. The van der Waals surface area contributed by atoms with Gasteiger partial charge in [-0.2, -0.15) is 0 Å². The zero-order chi connectivity index (χ0) is 88.8. The number of ether oxygens (including phenoxy) is 4. The van der Waals surface area contributed by atoms with E-state index in [0.717, 1.165) is 324 Å². The molecule has 20 aromatic rings. The number of H-pyrrole nitrogens is 4. The maximum absolute atomic E-state index is 7.80. The van der Waals surface area contributed by atoms with Crippen LogP contribution in [0, 0.1) is 0 Å². The number of aromatic amines is 4. The Hall–Kier alpha value is -13.9. The van der Waals surface area contributed by atoms with Gasteiger partial charge in [-0.1, -0.05) is 156 Å². The Morgan fingerprint density at radius 3 is 0.583 bits per heavy atom. The molecule has 0 spiro atoms. The van der Waals surface area contributed by atoms with Crippen LogP contribution in [-0.2, 0) is 25.7 Å². The van der Waals surface area contributed by atoms with Crippen molar-refractivity contribution in [2.45, 2.75) is 207 Å². The smallest absolute Gasteiger partial charge is 0.138 e. The highest BCUT2D eigenvalue weighted by Gasteiger charge is 2.30. The second-order valence-corrected chi connectivity index (χ2v) is 36.1. The predicted octanol–water partition coefficient (Wildman–Crippen LogP) is 27.9. The van der Waals surface area contributed by atoms with Crippen molar-refractivity contribution in [3.8, 4) is 68.5 Å². The topological polar surface area (TPSA) is 255 Å². The van der Waals surface area contributed by atoms with E-state index in [2.05, 4.69) is 145 Å². The number of hydrogen-bond acceptors (Lipinski definition) is 16. The minimum atomic E-state index is 0.369. The highest BCUT2D eigenvalue weighted by Crippen LogP contribution is 2.48. The van der Waals surface area contributed by atoms with Gasteiger partial charge in [-0.15, -0.1) is 0 Å². The third-order valence-electron chi connectivity index (χ3n) is 26.8. The summed E-state index contributed by atoms with van der Waals surface area (Å²) in [6.45, 7) is 11.1. The van der Waals surface area contributed by atoms with Gasteiger partial charge in [0.2, 0.25) is 0 Å². The van der Waals surface area contributed by atoms with E-state index in [4.69, 9.17) is 78.8 Å². The van der Waals surface area contributed by atoms with Crippen molar-refractivity contribution in [3.05, 3.63) is 240 Å². The number of unbranched alkanes of at least 4 members (excludes halogenated alkanes) is 20. The molecule has 1 aliphatic carbocycles. The van der Waals surface area contributed by atoms with Gasteiger partial charge >= 0.3 is 0 Å². The molecule has 1 aliphatic rings. The Bertz CT molecular complexity index is 6400. The van der Waals surface area contributed by atoms with E-state index in [1.165, 1.54) is 51.4 Å². The quantitative estimate of drug-likeness (QED) is 0.0210. The summed E-state index contributed by atoms with van der Waals surface area (Å²) < 4.78 is 31.2. The molecule has 8 bridgehead atoms. The first kappa shape index (κ1) is 84.9. The van der Waals surface area contributed by atoms with Gasteiger partial charge in [-0.25, -0.2) is 19.9 Å². The molecule has 0 aliphatic heterocycles. The summed E-state index contributed by atoms with van der Waals surface area (Å²) in [7, 11) is 0. The standard InChI is InChI=1S/C112H112N16O4/c1-5-9-13-17-21-25-53-129-105-69-57-71-63-78(110-123-99-83-39-31-47-115-91(83)92-84(100(99)124-110)40-32-48-116-92)65-73(106(71)130-54-26-22-18-14-10-6-2)59-75-67-80(112-127-103-87-43-35-51-119-95(87)96-88(104(103)128-112)44-36-52-120-96)68-76(108(75)132-56-28-24-20-16-12-8-4)60-74-66-79(111-125-101-85-41-33-49-117-93(85)94-86(102(101)126-111)42-34-50-118-94)64-72(107(74)131-55-27-23-19-15-11-7-3)58-70(105)62-77(61-69)109-121-97-81-37-29-45-113-89(81)90-82(98(97)122-109)38-30-46-114-90/h29-52,61-68H,5-28,53-60H2,1-4H3,(H,121,122)(H,123,124)(H,125,126)(H,127,128). The third kappa shape index (κ3) is 16.9. The Morgan fingerprint density at radius 2 is 0.386 bits per heavy atom. The molecular formula is C112H112N16O4. The van der Waals surface area contributed by atoms with Crippen molar-refractivity contribution < 1.29 is 18.9 Å². The number of benzene rings is 8. The van der Waals surface area contributed by atoms with Crippen LogP contribution in [0.15, 0.2) is 195 Å². The fourth-order valence-corrected chi connectivity index (χ4v) is 20.3. The molecule has 0 saturated carbocycles. The van der Waals surface area contributed by atoms with Gasteiger partial charge in [0.05, 0.1) is 115 Å². The van der Waals surface area contributed by atoms with Crippen molar-refractivity contribution in [1.82, 2.24) is 79.7 Å². The Balaban J connectivity index is 0.863. The number of pyridine rings is 8. The Morgan fingerprint density at radius 1 is 0.212 bits per heavy atom. The normalized spacial score (nSPS) is 12.5. The highest BCUT2D eigenvalue weighted by molar-refractivity contribution is 6.24. The van der Waals surface area contributed by atoms with Crippen molar-refractivity contribution >= 4 is 131 Å². The lowest BCUT2D eigenvalue weighted by Crippen LogP contribution is -2.11. The molecule has 4 N–H and O–H groups in total. The van der Waals surface area contributed by atoms with E-state index in [-0.39, 0.29) is 0 Å². The lowest BCUT2D eigenvalue weighted by molar-refractivity contribution is 0.293. The highest BCUT2D eigenvalue weighted by atomic mass is 16.5. The van der Waals surface area contributed by atoms with Gasteiger partial charge in [0.25, 0.3) is 0 Å². The summed E-state index contributed by atoms with van der Waals surface area (Å²) in [6, 6.07) is 51.6. The second kappa shape index (κ2) is 38.7. The molecule has 0 radical (unpaired) electrons. The zero-order valence-electron chi connectivity index (χ0n) is 76.1. The van der Waals surface area contributed by atoms with Gasteiger partial charge in [-0.3, -0.25) is 39.9 Å². The van der Waals surface area contributed by atoms with E-state index in [1.54, 1.807) is 0 Å². The van der Waals surface area contributed by atoms with E-state index in [1.807, 2.05) is 98.1 Å². The average Bonchev–Trinajstić information content (AvgIpc) is 1.58. The number of rotatable bonds is 36. The van der Waals surface area contributed by atoms with Crippen LogP contribution in [0.3, 0.4) is 0 Å². The minimum absolute atomic E-state index is 0.369. The number of fused-ring (bicyclic) bond motifs is 32. The molecule has 664 valence electrons. The van der Waals surface area contributed by atoms with E-state index in [0.29, 0.717) is 75.4 Å². The lowest BCUT2D eigenvalue weighted by Gasteiger charge is -2.25. The molecule has 132 heavy (non-hydrogen) atoms. The number of imidazole rings is 4. The summed E-state index contributed by atoms with van der Waals surface area (Å²) in [5.74, 6) is 6.04. The lowest BCUT2D eigenvalue weighted by atomic mass is 9.88. The summed E-state index contributed by atoms with van der Waals surface area (Å²) in [5, 5.41) is 7.40. The molecule has 21 rings (SSSR count). The molecule has 0 fully saturated rings. The monoisotopic (exact) mass is 1740 g/mol. The first-order chi connectivity index (χ1) is 65.3. The molecule has 0 amide bonds. The van der Waals surface area contributed by atoms with Crippen molar-refractivity contribution in [2.75, 3.05) is 26.4 Å². The van der Waals surface area contributed by atoms with Crippen LogP contribution < -0.4 is 18.9 Å². The SMILES string of the molecule is CCCCCCCCOc1c2cc(-c3nc4c5cccnc5c5ncccc5c4[nH]3)cc1Cc1cc(-c3nc4c5cccnc5c5ncccc5c4[nH]3)cc(c1OCCCCCCCC)Cc1cc(-c3nc4c5cccnc5c5ncccc5c4[nH]3)cc(c1OCCCCCCCC)Cc1cc(-c3nc4c5cccnc5c5ncccc5c4[nH]3)cc(c1OCCCCCCCC)C2. The predicted molar refractivity (Wildman–Crippen MR) is 535 cm³/mol. The molecule has 20 nitrogen and oxygen atoms in total. The van der Waals surface area contributed by atoms with Gasteiger partial charge in [0.1, 0.15) is 46.3 Å². The van der Waals surface area contributed by atoms with Gasteiger partial charge in [0.15, 0.2) is 0 Å². The van der Waals surface area contributed by atoms with Gasteiger partial charge in [0, 0.05) is 141 Å². The van der Waals surface area contributed by atoms with Crippen molar-refractivity contribution in [2.24, 2.45) is 0 Å². The molecule has 20 heteroatoms. The summed E-state index contributed by atoms with van der Waals surface area (Å²) in [5.41, 5.74) is 24.5. The third-order valence-corrected chi connectivity index (χ3v) is 26.8. The first-order valence-corrected chi connectivity index (χ1v) is 48.5. The van der Waals surface area contributed by atoms with Crippen LogP contribution >= 0.6 is 0 Å². The molecule has 0 atom stereocenters. The summed E-state index contributed by atoms with van der Waals surface area (Å²) in [6.07, 6.45) is 42.5. The second-order valence-electron chi connectivity index (χ2n) is 36.1. The Labute approximate surface area is 767 Å².